The molecule has 0 atom stereocenters. The van der Waals surface area contributed by atoms with Gasteiger partial charge in [0.1, 0.15) is 5.54 Å². The number of hydrogen-bond acceptors (Lipinski definition) is 4. The van der Waals surface area contributed by atoms with E-state index in [2.05, 4.69) is 10.6 Å². The minimum Gasteiger partial charge on any atom is -0.480 e. The first-order valence-electron chi connectivity index (χ1n) is 7.45. The number of nitrogens with one attached hydrogen (secondary N) is 2. The third-order valence-corrected chi connectivity index (χ3v) is 3.42. The average Bonchev–Trinajstić information content (AvgIpc) is 2.43. The maximum Gasteiger partial charge on any atom is 0.329 e. The molecule has 1 fully saturated rings. The van der Waals surface area contributed by atoms with Gasteiger partial charge in [-0.25, -0.2) is 9.59 Å². The van der Waals surface area contributed by atoms with Gasteiger partial charge in [0, 0.05) is 39.2 Å². The number of carboxylic acids is 1. The molecule has 1 aliphatic heterocycles. The van der Waals surface area contributed by atoms with Crippen molar-refractivity contribution in [2.24, 2.45) is 0 Å². The number of hydrogen-bond donors (Lipinski definition) is 3. The summed E-state index contributed by atoms with van der Waals surface area (Å²) in [5.74, 6) is -1.01. The Kier molecular flexibility index (Phi) is 7.45. The van der Waals surface area contributed by atoms with E-state index in [1.165, 1.54) is 0 Å². The number of unbranched alkanes of at least 4 members (excludes halogenated alkanes) is 1. The molecule has 7 nitrogen and oxygen atoms in total. The standard InChI is InChI=1S/C14H26N2O5/c1-11(2)21-8-4-3-7-15-13(19)16-14(12(17)18)5-9-20-10-6-14/h11H,3-10H2,1-2H3,(H,17,18)(H2,15,16,19). The second kappa shape index (κ2) is 8.84. The highest BCUT2D eigenvalue weighted by atomic mass is 16.5. The van der Waals surface area contributed by atoms with Crippen LogP contribution in [-0.2, 0) is 14.3 Å². The zero-order valence-electron chi connectivity index (χ0n) is 12.8. The van der Waals surface area contributed by atoms with Crippen LogP contribution in [0.15, 0.2) is 0 Å². The summed E-state index contributed by atoms with van der Waals surface area (Å²) >= 11 is 0. The molecule has 21 heavy (non-hydrogen) atoms. The third-order valence-electron chi connectivity index (χ3n) is 3.42. The normalized spacial score (nSPS) is 17.5. The monoisotopic (exact) mass is 302 g/mol. The number of amides is 2. The molecular formula is C14H26N2O5. The van der Waals surface area contributed by atoms with Crippen LogP contribution >= 0.6 is 0 Å². The molecule has 0 bridgehead atoms. The second-order valence-electron chi connectivity index (χ2n) is 5.51. The molecule has 0 saturated carbocycles. The lowest BCUT2D eigenvalue weighted by molar-refractivity contribution is -0.148. The SMILES string of the molecule is CC(C)OCCCCNC(=O)NC1(C(=O)O)CCOCC1. The highest BCUT2D eigenvalue weighted by molar-refractivity contribution is 5.86. The number of ether oxygens (including phenoxy) is 2. The fraction of sp³-hybridized carbons (Fsp3) is 0.857. The van der Waals surface area contributed by atoms with E-state index < -0.39 is 17.5 Å². The molecule has 122 valence electrons. The van der Waals surface area contributed by atoms with E-state index in [-0.39, 0.29) is 18.9 Å². The summed E-state index contributed by atoms with van der Waals surface area (Å²) in [6, 6.07) is -0.441. The first-order chi connectivity index (χ1) is 9.96. The van der Waals surface area contributed by atoms with Gasteiger partial charge in [-0.2, -0.15) is 0 Å². The zero-order chi connectivity index (χ0) is 15.7. The number of carbonyl (C=O) groups excluding carboxylic acids is 1. The Hall–Kier alpha value is -1.34. The maximum absolute atomic E-state index is 11.8. The van der Waals surface area contributed by atoms with Gasteiger partial charge in [-0.05, 0) is 26.7 Å². The zero-order valence-corrected chi connectivity index (χ0v) is 12.8. The van der Waals surface area contributed by atoms with Crippen LogP contribution in [0.4, 0.5) is 4.79 Å². The van der Waals surface area contributed by atoms with Crippen molar-refractivity contribution in [1.29, 1.82) is 0 Å². The van der Waals surface area contributed by atoms with E-state index in [0.717, 1.165) is 12.8 Å². The molecule has 1 rings (SSSR count). The summed E-state index contributed by atoms with van der Waals surface area (Å²) in [5, 5.41) is 14.6. The van der Waals surface area contributed by atoms with Crippen molar-refractivity contribution >= 4 is 12.0 Å². The van der Waals surface area contributed by atoms with E-state index in [9.17, 15) is 14.7 Å². The fourth-order valence-corrected chi connectivity index (χ4v) is 2.12. The van der Waals surface area contributed by atoms with Gasteiger partial charge < -0.3 is 25.2 Å². The summed E-state index contributed by atoms with van der Waals surface area (Å²) < 4.78 is 10.6. The highest BCUT2D eigenvalue weighted by Gasteiger charge is 2.41. The average molecular weight is 302 g/mol. The van der Waals surface area contributed by atoms with Gasteiger partial charge in [0.15, 0.2) is 0 Å². The van der Waals surface area contributed by atoms with Crippen molar-refractivity contribution in [3.63, 3.8) is 0 Å². The first kappa shape index (κ1) is 17.7. The minimum absolute atomic E-state index is 0.213. The van der Waals surface area contributed by atoms with Crippen molar-refractivity contribution in [2.75, 3.05) is 26.4 Å². The topological polar surface area (TPSA) is 96.9 Å². The van der Waals surface area contributed by atoms with Crippen molar-refractivity contribution < 1.29 is 24.2 Å². The lowest BCUT2D eigenvalue weighted by Gasteiger charge is -2.33. The molecule has 1 saturated heterocycles. The molecule has 0 spiro atoms. The van der Waals surface area contributed by atoms with Crippen LogP contribution in [0, 0.1) is 0 Å². The van der Waals surface area contributed by atoms with E-state index >= 15 is 0 Å². The molecule has 3 N–H and O–H groups in total. The van der Waals surface area contributed by atoms with Crippen molar-refractivity contribution in [3.8, 4) is 0 Å². The summed E-state index contributed by atoms with van der Waals surface area (Å²) in [5.41, 5.74) is -1.21. The van der Waals surface area contributed by atoms with Crippen molar-refractivity contribution in [2.45, 2.75) is 51.2 Å². The highest BCUT2D eigenvalue weighted by Crippen LogP contribution is 2.20. The summed E-state index contributed by atoms with van der Waals surface area (Å²) in [4.78, 5) is 23.2. The van der Waals surface area contributed by atoms with E-state index in [1.807, 2.05) is 13.8 Å². The second-order valence-corrected chi connectivity index (χ2v) is 5.51. The van der Waals surface area contributed by atoms with Gasteiger partial charge in [0.25, 0.3) is 0 Å². The van der Waals surface area contributed by atoms with E-state index in [1.54, 1.807) is 0 Å². The first-order valence-corrected chi connectivity index (χ1v) is 7.45. The molecule has 2 amide bonds. The van der Waals surface area contributed by atoms with E-state index in [4.69, 9.17) is 9.47 Å². The molecule has 0 unspecified atom stereocenters. The van der Waals surface area contributed by atoms with Crippen LogP contribution in [0.25, 0.3) is 0 Å². The Bertz CT molecular complexity index is 340. The molecular weight excluding hydrogens is 276 g/mol. The van der Waals surface area contributed by atoms with Crippen LogP contribution in [-0.4, -0.2) is 55.1 Å². The molecule has 0 aliphatic carbocycles. The summed E-state index contributed by atoms with van der Waals surface area (Å²) in [6.45, 7) is 5.81. The lowest BCUT2D eigenvalue weighted by atomic mass is 9.90. The molecule has 1 aliphatic rings. The molecule has 0 radical (unpaired) electrons. The number of carboxylic acid groups (broad SMARTS) is 1. The fourth-order valence-electron chi connectivity index (χ4n) is 2.12. The number of rotatable bonds is 8. The Morgan fingerprint density at radius 1 is 1.29 bits per heavy atom. The van der Waals surface area contributed by atoms with Gasteiger partial charge >= 0.3 is 12.0 Å². The number of carbonyl (C=O) groups is 2. The van der Waals surface area contributed by atoms with Gasteiger partial charge in [-0.1, -0.05) is 0 Å². The van der Waals surface area contributed by atoms with Crippen LogP contribution in [0.2, 0.25) is 0 Å². The molecule has 0 aromatic carbocycles. The van der Waals surface area contributed by atoms with Crippen LogP contribution in [0.5, 0.6) is 0 Å². The van der Waals surface area contributed by atoms with Gasteiger partial charge in [0.2, 0.25) is 0 Å². The van der Waals surface area contributed by atoms with Gasteiger partial charge in [0.05, 0.1) is 6.10 Å². The third kappa shape index (κ3) is 6.31. The number of aliphatic carboxylic acids is 1. The van der Waals surface area contributed by atoms with Gasteiger partial charge in [-0.3, -0.25) is 0 Å². The summed E-state index contributed by atoms with van der Waals surface area (Å²) in [6.07, 6.45) is 2.44. The quantitative estimate of drug-likeness (QED) is 0.584. The van der Waals surface area contributed by atoms with Crippen LogP contribution in [0.3, 0.4) is 0 Å². The summed E-state index contributed by atoms with van der Waals surface area (Å²) in [7, 11) is 0. The number of urea groups is 1. The molecule has 1 heterocycles. The Labute approximate surface area is 125 Å². The molecule has 0 aromatic heterocycles. The maximum atomic E-state index is 11.8. The predicted molar refractivity (Wildman–Crippen MR) is 77.3 cm³/mol. The molecule has 7 heteroatoms. The van der Waals surface area contributed by atoms with Crippen LogP contribution < -0.4 is 10.6 Å². The minimum atomic E-state index is -1.21. The van der Waals surface area contributed by atoms with Crippen molar-refractivity contribution in [1.82, 2.24) is 10.6 Å². The smallest absolute Gasteiger partial charge is 0.329 e. The molecule has 0 aromatic rings. The van der Waals surface area contributed by atoms with E-state index in [0.29, 0.717) is 26.4 Å². The lowest BCUT2D eigenvalue weighted by Crippen LogP contribution is -2.59. The largest absolute Gasteiger partial charge is 0.480 e. The van der Waals surface area contributed by atoms with Crippen molar-refractivity contribution in [3.05, 3.63) is 0 Å². The van der Waals surface area contributed by atoms with Gasteiger partial charge in [-0.15, -0.1) is 0 Å². The Balaban J connectivity index is 2.24. The predicted octanol–water partition coefficient (Wildman–Crippen LogP) is 1.12. The Morgan fingerprint density at radius 2 is 1.95 bits per heavy atom. The van der Waals surface area contributed by atoms with Crippen LogP contribution in [0.1, 0.15) is 39.5 Å². The Morgan fingerprint density at radius 3 is 2.52 bits per heavy atom.